The zero-order chi connectivity index (χ0) is 25.3. The van der Waals surface area contributed by atoms with Gasteiger partial charge in [0.25, 0.3) is 21.5 Å². The first-order valence-corrected chi connectivity index (χ1v) is 12.4. The number of hydrogen-bond acceptors (Lipinski definition) is 4. The maximum Gasteiger partial charge on any atom is 0.295 e. The summed E-state index contributed by atoms with van der Waals surface area (Å²) in [4.78, 5) is 25.9. The van der Waals surface area contributed by atoms with Crippen LogP contribution in [-0.2, 0) is 17.1 Å². The zero-order valence-electron chi connectivity index (χ0n) is 19.9. The molecule has 0 aliphatic carbocycles. The quantitative estimate of drug-likeness (QED) is 0.424. The van der Waals surface area contributed by atoms with Gasteiger partial charge in [0.05, 0.1) is 16.3 Å². The van der Waals surface area contributed by atoms with Crippen molar-refractivity contribution in [2.45, 2.75) is 25.7 Å². The molecule has 1 heterocycles. The lowest BCUT2D eigenvalue weighted by molar-refractivity contribution is 0.102. The number of benzene rings is 3. The van der Waals surface area contributed by atoms with Crippen molar-refractivity contribution in [3.05, 3.63) is 106 Å². The van der Waals surface area contributed by atoms with E-state index in [0.29, 0.717) is 17.1 Å². The number of hydrogen-bond donors (Lipinski definition) is 2. The van der Waals surface area contributed by atoms with Crippen LogP contribution in [0, 0.1) is 20.8 Å². The number of aromatic nitrogens is 2. The van der Waals surface area contributed by atoms with Crippen molar-refractivity contribution in [2.75, 3.05) is 10.0 Å². The SMILES string of the molecule is Cc1ccc(NS(=O)(=O)c2ccc(C(=O)Nc3c(C)n(C)n(-c4ccccc4)c3=O)cc2)cc1C. The van der Waals surface area contributed by atoms with Crippen LogP contribution >= 0.6 is 0 Å². The summed E-state index contributed by atoms with van der Waals surface area (Å²) in [5.41, 5.74) is 3.79. The molecule has 0 bridgehead atoms. The van der Waals surface area contributed by atoms with E-state index in [0.717, 1.165) is 11.1 Å². The molecule has 9 heteroatoms. The summed E-state index contributed by atoms with van der Waals surface area (Å²) in [6.45, 7) is 5.60. The van der Waals surface area contributed by atoms with E-state index in [4.69, 9.17) is 0 Å². The second-order valence-corrected chi connectivity index (χ2v) is 10.0. The molecule has 0 unspecified atom stereocenters. The number of nitrogens with zero attached hydrogens (tertiary/aromatic N) is 2. The number of carbonyl (C=O) groups excluding carboxylic acids is 1. The van der Waals surface area contributed by atoms with Crippen LogP contribution in [0.4, 0.5) is 11.4 Å². The smallest absolute Gasteiger partial charge is 0.295 e. The van der Waals surface area contributed by atoms with Crippen molar-refractivity contribution in [1.82, 2.24) is 9.36 Å². The van der Waals surface area contributed by atoms with Gasteiger partial charge in [0.1, 0.15) is 5.69 Å². The highest BCUT2D eigenvalue weighted by molar-refractivity contribution is 7.92. The molecule has 1 aromatic heterocycles. The van der Waals surface area contributed by atoms with E-state index >= 15 is 0 Å². The van der Waals surface area contributed by atoms with Crippen molar-refractivity contribution in [1.29, 1.82) is 0 Å². The second-order valence-electron chi connectivity index (χ2n) is 8.32. The molecule has 0 aliphatic rings. The van der Waals surface area contributed by atoms with Crippen LogP contribution in [0.1, 0.15) is 27.2 Å². The van der Waals surface area contributed by atoms with E-state index in [9.17, 15) is 18.0 Å². The molecule has 0 fully saturated rings. The fourth-order valence-electron chi connectivity index (χ4n) is 3.70. The minimum atomic E-state index is -3.83. The third-order valence-corrected chi connectivity index (χ3v) is 7.38. The molecule has 2 N–H and O–H groups in total. The number of aryl methyl sites for hydroxylation is 2. The van der Waals surface area contributed by atoms with Crippen LogP contribution in [0.15, 0.2) is 82.5 Å². The number of nitrogens with one attached hydrogen (secondary N) is 2. The standard InChI is InChI=1S/C26H26N4O4S/c1-17-10-13-21(16-18(17)2)28-35(33,34)23-14-11-20(12-15-23)25(31)27-24-19(3)29(4)30(26(24)32)22-8-6-5-7-9-22/h5-16,28H,1-4H3,(H,27,31). The van der Waals surface area contributed by atoms with Crippen LogP contribution in [0.3, 0.4) is 0 Å². The van der Waals surface area contributed by atoms with Crippen molar-refractivity contribution in [2.24, 2.45) is 7.05 Å². The fraction of sp³-hybridized carbons (Fsp3) is 0.154. The third-order valence-electron chi connectivity index (χ3n) is 5.98. The molecule has 0 radical (unpaired) electrons. The second kappa shape index (κ2) is 9.27. The van der Waals surface area contributed by atoms with Crippen LogP contribution in [0.2, 0.25) is 0 Å². The van der Waals surface area contributed by atoms with Gasteiger partial charge < -0.3 is 5.32 Å². The van der Waals surface area contributed by atoms with Crippen molar-refractivity contribution in [3.63, 3.8) is 0 Å². The summed E-state index contributed by atoms with van der Waals surface area (Å²) in [5.74, 6) is -0.512. The first-order valence-electron chi connectivity index (χ1n) is 10.9. The Morgan fingerprint density at radius 1 is 0.857 bits per heavy atom. The Labute approximate surface area is 203 Å². The molecular weight excluding hydrogens is 464 g/mol. The first-order chi connectivity index (χ1) is 16.6. The average Bonchev–Trinajstić information content (AvgIpc) is 3.05. The van der Waals surface area contributed by atoms with Crippen molar-refractivity contribution < 1.29 is 13.2 Å². The molecule has 4 aromatic rings. The summed E-state index contributed by atoms with van der Waals surface area (Å²) >= 11 is 0. The molecule has 0 saturated carbocycles. The molecule has 35 heavy (non-hydrogen) atoms. The van der Waals surface area contributed by atoms with Crippen molar-refractivity contribution in [3.8, 4) is 5.69 Å². The highest BCUT2D eigenvalue weighted by atomic mass is 32.2. The van der Waals surface area contributed by atoms with Gasteiger partial charge >= 0.3 is 0 Å². The molecule has 0 saturated heterocycles. The largest absolute Gasteiger partial charge is 0.316 e. The van der Waals surface area contributed by atoms with E-state index in [1.54, 1.807) is 42.9 Å². The summed E-state index contributed by atoms with van der Waals surface area (Å²) in [7, 11) is -2.09. The van der Waals surface area contributed by atoms with E-state index in [-0.39, 0.29) is 21.7 Å². The van der Waals surface area contributed by atoms with Gasteiger partial charge in [-0.3, -0.25) is 19.0 Å². The minimum absolute atomic E-state index is 0.0228. The first kappa shape index (κ1) is 24.0. The van der Waals surface area contributed by atoms with Gasteiger partial charge in [-0.25, -0.2) is 13.1 Å². The van der Waals surface area contributed by atoms with Crippen LogP contribution in [0.25, 0.3) is 5.69 Å². The monoisotopic (exact) mass is 490 g/mol. The Bertz CT molecular complexity index is 1570. The third kappa shape index (κ3) is 4.76. The van der Waals surface area contributed by atoms with Crippen molar-refractivity contribution >= 4 is 27.3 Å². The summed E-state index contributed by atoms with van der Waals surface area (Å²) in [5, 5.41) is 2.68. The molecule has 1 amide bonds. The zero-order valence-corrected chi connectivity index (χ0v) is 20.7. The molecule has 0 spiro atoms. The van der Waals surface area contributed by atoms with Gasteiger partial charge in [0, 0.05) is 18.3 Å². The van der Waals surface area contributed by atoms with Gasteiger partial charge in [-0.2, -0.15) is 0 Å². The molecule has 0 aliphatic heterocycles. The molecule has 8 nitrogen and oxygen atoms in total. The van der Waals surface area contributed by atoms with Gasteiger partial charge in [-0.05, 0) is 80.4 Å². The minimum Gasteiger partial charge on any atom is -0.316 e. The highest BCUT2D eigenvalue weighted by Crippen LogP contribution is 2.20. The topological polar surface area (TPSA) is 102 Å². The average molecular weight is 491 g/mol. The number of anilines is 2. The summed E-state index contributed by atoms with van der Waals surface area (Å²) < 4.78 is 31.2. The van der Waals surface area contributed by atoms with Gasteiger partial charge in [0.15, 0.2) is 0 Å². The lowest BCUT2D eigenvalue weighted by Crippen LogP contribution is -2.23. The number of para-hydroxylation sites is 1. The lowest BCUT2D eigenvalue weighted by Gasteiger charge is -2.10. The van der Waals surface area contributed by atoms with Crippen LogP contribution in [0.5, 0.6) is 0 Å². The van der Waals surface area contributed by atoms with Gasteiger partial charge in [-0.15, -0.1) is 0 Å². The number of rotatable bonds is 6. The van der Waals surface area contributed by atoms with Crippen LogP contribution in [-0.4, -0.2) is 23.7 Å². The molecule has 180 valence electrons. The number of carbonyl (C=O) groups is 1. The Hall–Kier alpha value is -4.11. The highest BCUT2D eigenvalue weighted by Gasteiger charge is 2.20. The maximum atomic E-state index is 13.0. The molecule has 0 atom stereocenters. The summed E-state index contributed by atoms with van der Waals surface area (Å²) in [6.07, 6.45) is 0. The fourth-order valence-corrected chi connectivity index (χ4v) is 4.75. The lowest BCUT2D eigenvalue weighted by atomic mass is 10.1. The van der Waals surface area contributed by atoms with E-state index in [1.807, 2.05) is 38.1 Å². The Morgan fingerprint density at radius 2 is 1.51 bits per heavy atom. The predicted molar refractivity (Wildman–Crippen MR) is 137 cm³/mol. The van der Waals surface area contributed by atoms with E-state index < -0.39 is 15.9 Å². The number of sulfonamides is 1. The Morgan fingerprint density at radius 3 is 2.14 bits per heavy atom. The number of amides is 1. The Balaban J connectivity index is 1.55. The van der Waals surface area contributed by atoms with E-state index in [2.05, 4.69) is 10.0 Å². The van der Waals surface area contributed by atoms with Crippen LogP contribution < -0.4 is 15.6 Å². The molecular formula is C26H26N4O4S. The predicted octanol–water partition coefficient (Wildman–Crippen LogP) is 4.15. The molecule has 3 aromatic carbocycles. The maximum absolute atomic E-state index is 13.0. The Kier molecular flexibility index (Phi) is 6.36. The summed E-state index contributed by atoms with van der Waals surface area (Å²) in [6, 6.07) is 20.0. The van der Waals surface area contributed by atoms with Gasteiger partial charge in [0.2, 0.25) is 0 Å². The molecule has 4 rings (SSSR count). The van der Waals surface area contributed by atoms with Gasteiger partial charge in [-0.1, -0.05) is 24.3 Å². The van der Waals surface area contributed by atoms with E-state index in [1.165, 1.54) is 28.9 Å². The normalized spacial score (nSPS) is 11.3.